The highest BCUT2D eigenvalue weighted by Gasteiger charge is 2.24. The van der Waals surface area contributed by atoms with Gasteiger partial charge in [-0.2, -0.15) is 0 Å². The number of aliphatic carboxylic acids is 1. The Morgan fingerprint density at radius 2 is 1.56 bits per heavy atom. The highest BCUT2D eigenvalue weighted by molar-refractivity contribution is 6.06. The molecule has 0 bridgehead atoms. The van der Waals surface area contributed by atoms with Crippen molar-refractivity contribution in [2.75, 3.05) is 0 Å². The number of carboxylic acid groups (broad SMARTS) is 1. The van der Waals surface area contributed by atoms with Crippen molar-refractivity contribution < 1.29 is 28.6 Å². The SMILES string of the molecule is Cc1oc2c(C)c3oc(=O)c(CC(=O)N[C@@H](Cc4ccc(O)cc4)C(=O)O)c(C)c3cc2c1-c1ccccc1. The fraction of sp³-hybridized carbons (Fsp3) is 0.194. The van der Waals surface area contributed by atoms with Gasteiger partial charge in [-0.25, -0.2) is 9.59 Å². The normalized spacial score (nSPS) is 12.1. The number of hydrogen-bond donors (Lipinski definition) is 3. The molecule has 0 saturated carbocycles. The number of amides is 1. The maximum Gasteiger partial charge on any atom is 0.340 e. The van der Waals surface area contributed by atoms with Crippen LogP contribution in [-0.2, 0) is 22.4 Å². The molecule has 8 nitrogen and oxygen atoms in total. The van der Waals surface area contributed by atoms with Gasteiger partial charge in [0.05, 0.1) is 12.0 Å². The lowest BCUT2D eigenvalue weighted by atomic mass is 9.96. The third kappa shape index (κ3) is 4.88. The van der Waals surface area contributed by atoms with Gasteiger partial charge in [-0.3, -0.25) is 4.79 Å². The molecule has 5 rings (SSSR count). The van der Waals surface area contributed by atoms with E-state index in [1.165, 1.54) is 12.1 Å². The molecule has 0 aliphatic heterocycles. The van der Waals surface area contributed by atoms with Gasteiger partial charge in [0.25, 0.3) is 0 Å². The largest absolute Gasteiger partial charge is 0.508 e. The Morgan fingerprint density at radius 3 is 2.23 bits per heavy atom. The highest BCUT2D eigenvalue weighted by Crippen LogP contribution is 2.39. The molecule has 2 aromatic heterocycles. The smallest absolute Gasteiger partial charge is 0.340 e. The van der Waals surface area contributed by atoms with Gasteiger partial charge >= 0.3 is 11.6 Å². The van der Waals surface area contributed by atoms with E-state index < -0.39 is 23.5 Å². The average molecular weight is 526 g/mol. The molecular weight excluding hydrogens is 498 g/mol. The average Bonchev–Trinajstić information content (AvgIpc) is 3.24. The maximum absolute atomic E-state index is 13.0. The van der Waals surface area contributed by atoms with Crippen molar-refractivity contribution >= 4 is 33.8 Å². The number of phenols is 1. The van der Waals surface area contributed by atoms with E-state index in [4.69, 9.17) is 8.83 Å². The predicted molar refractivity (Wildman–Crippen MR) is 147 cm³/mol. The van der Waals surface area contributed by atoms with Crippen LogP contribution in [0.3, 0.4) is 0 Å². The Kier molecular flexibility index (Phi) is 6.70. The summed E-state index contributed by atoms with van der Waals surface area (Å²) in [5, 5.41) is 23.2. The molecule has 8 heteroatoms. The summed E-state index contributed by atoms with van der Waals surface area (Å²) in [4.78, 5) is 37.7. The second-order valence-corrected chi connectivity index (χ2v) is 9.65. The van der Waals surface area contributed by atoms with E-state index >= 15 is 0 Å². The van der Waals surface area contributed by atoms with Gasteiger partial charge in [0, 0.05) is 28.3 Å². The Balaban J connectivity index is 1.51. The summed E-state index contributed by atoms with van der Waals surface area (Å²) in [6.07, 6.45) is -0.317. The number of fused-ring (bicyclic) bond motifs is 2. The lowest BCUT2D eigenvalue weighted by Gasteiger charge is -2.15. The molecule has 5 aromatic rings. The summed E-state index contributed by atoms with van der Waals surface area (Å²) >= 11 is 0. The molecule has 0 radical (unpaired) electrons. The van der Waals surface area contributed by atoms with E-state index in [2.05, 4.69) is 5.32 Å². The van der Waals surface area contributed by atoms with E-state index in [1.54, 1.807) is 19.1 Å². The summed E-state index contributed by atoms with van der Waals surface area (Å²) in [6, 6.07) is 16.6. The van der Waals surface area contributed by atoms with E-state index in [1.807, 2.05) is 50.2 Å². The van der Waals surface area contributed by atoms with Gasteiger partial charge in [-0.1, -0.05) is 42.5 Å². The maximum atomic E-state index is 13.0. The standard InChI is InChI=1S/C31H27NO7/c1-16-22-14-24-27(20-7-5-4-6-8-20)18(3)38-29(24)17(2)28(22)39-31(37)23(16)15-26(34)32-25(30(35)36)13-19-9-11-21(33)12-10-19/h4-12,14,25,33H,13,15H2,1-3H3,(H,32,34)(H,35,36)/t25-/m0/s1. The Morgan fingerprint density at radius 1 is 0.897 bits per heavy atom. The number of carbonyl (C=O) groups is 2. The Hall–Kier alpha value is -4.85. The zero-order valence-electron chi connectivity index (χ0n) is 21.7. The molecule has 0 aliphatic carbocycles. The molecule has 2 heterocycles. The van der Waals surface area contributed by atoms with Crippen molar-refractivity contribution in [3.05, 3.63) is 99.1 Å². The minimum Gasteiger partial charge on any atom is -0.508 e. The van der Waals surface area contributed by atoms with Gasteiger partial charge in [0.2, 0.25) is 5.91 Å². The lowest BCUT2D eigenvalue weighted by molar-refractivity contribution is -0.141. The second kappa shape index (κ2) is 10.1. The number of benzene rings is 3. The van der Waals surface area contributed by atoms with Crippen LogP contribution in [0.25, 0.3) is 33.1 Å². The Labute approximate surface area is 223 Å². The molecule has 0 unspecified atom stereocenters. The van der Waals surface area contributed by atoms with Crippen LogP contribution in [0.4, 0.5) is 0 Å². The van der Waals surface area contributed by atoms with Crippen LogP contribution < -0.4 is 10.9 Å². The summed E-state index contributed by atoms with van der Waals surface area (Å²) in [5.41, 5.74) is 4.36. The quantitative estimate of drug-likeness (QED) is 0.249. The number of furan rings is 1. The third-order valence-electron chi connectivity index (χ3n) is 7.04. The van der Waals surface area contributed by atoms with Crippen molar-refractivity contribution in [1.82, 2.24) is 5.32 Å². The number of nitrogens with one attached hydrogen (secondary N) is 1. The fourth-order valence-corrected chi connectivity index (χ4v) is 5.02. The van der Waals surface area contributed by atoms with Crippen molar-refractivity contribution in [3.63, 3.8) is 0 Å². The zero-order chi connectivity index (χ0) is 27.8. The number of phenolic OH excluding ortho intramolecular Hbond substituents is 1. The van der Waals surface area contributed by atoms with Gasteiger partial charge in [0.1, 0.15) is 28.7 Å². The molecule has 0 spiro atoms. The zero-order valence-corrected chi connectivity index (χ0v) is 21.7. The van der Waals surface area contributed by atoms with Crippen molar-refractivity contribution in [2.45, 2.75) is 39.7 Å². The van der Waals surface area contributed by atoms with Gasteiger partial charge in [0.15, 0.2) is 0 Å². The van der Waals surface area contributed by atoms with E-state index in [0.717, 1.165) is 22.3 Å². The highest BCUT2D eigenvalue weighted by atomic mass is 16.4. The summed E-state index contributed by atoms with van der Waals surface area (Å²) in [5.74, 6) is -1.02. The Bertz CT molecular complexity index is 1780. The number of carbonyl (C=O) groups excluding carboxylic acids is 1. The van der Waals surface area contributed by atoms with Crippen LogP contribution in [0.1, 0.15) is 28.0 Å². The molecule has 1 amide bonds. The first-order chi connectivity index (χ1) is 18.6. The van der Waals surface area contributed by atoms with Gasteiger partial charge in [-0.15, -0.1) is 0 Å². The molecular formula is C31H27NO7. The molecule has 3 aromatic carbocycles. The van der Waals surface area contributed by atoms with Crippen LogP contribution >= 0.6 is 0 Å². The van der Waals surface area contributed by atoms with Crippen molar-refractivity contribution in [3.8, 4) is 16.9 Å². The molecule has 39 heavy (non-hydrogen) atoms. The topological polar surface area (TPSA) is 130 Å². The molecule has 3 N–H and O–H groups in total. The second-order valence-electron chi connectivity index (χ2n) is 9.65. The minimum atomic E-state index is -1.21. The first kappa shape index (κ1) is 25.8. The number of hydrogen-bond acceptors (Lipinski definition) is 6. The van der Waals surface area contributed by atoms with Crippen LogP contribution in [0, 0.1) is 20.8 Å². The number of aryl methyl sites for hydroxylation is 3. The number of carboxylic acids is 1. The van der Waals surface area contributed by atoms with E-state index in [-0.39, 0.29) is 24.2 Å². The van der Waals surface area contributed by atoms with E-state index in [0.29, 0.717) is 33.2 Å². The minimum absolute atomic E-state index is 0.0198. The third-order valence-corrected chi connectivity index (χ3v) is 7.04. The predicted octanol–water partition coefficient (Wildman–Crippen LogP) is 5.19. The molecule has 1 atom stereocenters. The van der Waals surface area contributed by atoms with Crippen LogP contribution in [0.5, 0.6) is 5.75 Å². The molecule has 0 aliphatic rings. The van der Waals surface area contributed by atoms with Gasteiger partial charge < -0.3 is 24.4 Å². The monoisotopic (exact) mass is 525 g/mol. The van der Waals surface area contributed by atoms with Crippen molar-refractivity contribution in [1.29, 1.82) is 0 Å². The first-order valence-electron chi connectivity index (χ1n) is 12.5. The van der Waals surface area contributed by atoms with Crippen LogP contribution in [0.15, 0.2) is 74.3 Å². The fourth-order valence-electron chi connectivity index (χ4n) is 5.02. The van der Waals surface area contributed by atoms with Crippen molar-refractivity contribution in [2.24, 2.45) is 0 Å². The summed E-state index contributed by atoms with van der Waals surface area (Å²) in [6.45, 7) is 5.48. The van der Waals surface area contributed by atoms with Gasteiger partial charge in [-0.05, 0) is 55.7 Å². The molecule has 198 valence electrons. The number of rotatable bonds is 7. The van der Waals surface area contributed by atoms with Crippen LogP contribution in [0.2, 0.25) is 0 Å². The summed E-state index contributed by atoms with van der Waals surface area (Å²) in [7, 11) is 0. The first-order valence-corrected chi connectivity index (χ1v) is 12.5. The summed E-state index contributed by atoms with van der Waals surface area (Å²) < 4.78 is 11.8. The van der Waals surface area contributed by atoms with E-state index in [9.17, 15) is 24.6 Å². The molecule has 0 fully saturated rings. The molecule has 0 saturated heterocycles. The van der Waals surface area contributed by atoms with Crippen LogP contribution in [-0.4, -0.2) is 28.1 Å². The number of aromatic hydroxyl groups is 1. The lowest BCUT2D eigenvalue weighted by Crippen LogP contribution is -2.43.